The summed E-state index contributed by atoms with van der Waals surface area (Å²) in [6.45, 7) is 7.11. The monoisotopic (exact) mass is 446 g/mol. The Morgan fingerprint density at radius 2 is 1.06 bits per heavy atom. The lowest BCUT2D eigenvalue weighted by atomic mass is 9.99. The van der Waals surface area contributed by atoms with Crippen LogP contribution in [0.2, 0.25) is 0 Å². The van der Waals surface area contributed by atoms with E-state index in [0.29, 0.717) is 24.3 Å². The van der Waals surface area contributed by atoms with E-state index in [4.69, 9.17) is 9.47 Å². The summed E-state index contributed by atoms with van der Waals surface area (Å²) in [4.78, 5) is 25.1. The molecule has 0 spiro atoms. The van der Waals surface area contributed by atoms with Crippen LogP contribution in [0, 0.1) is 0 Å². The second kappa shape index (κ2) is 18.7. The first-order chi connectivity index (χ1) is 15.6. The van der Waals surface area contributed by atoms with Crippen LogP contribution in [0.15, 0.2) is 18.2 Å². The van der Waals surface area contributed by atoms with Crippen molar-refractivity contribution in [2.24, 2.45) is 0 Å². The number of esters is 2. The van der Waals surface area contributed by atoms with Gasteiger partial charge in [-0.15, -0.1) is 0 Å². The molecule has 0 saturated carbocycles. The fourth-order valence-corrected chi connectivity index (χ4v) is 3.68. The number of carbonyl (C=O) groups excluding carboxylic acids is 2. The molecule has 32 heavy (non-hydrogen) atoms. The molecule has 0 unspecified atom stereocenters. The van der Waals surface area contributed by atoms with E-state index in [-0.39, 0.29) is 0 Å². The standard InChI is InChI=1S/C28H46O4/c1-4-7-10-11-12-13-14-15-16-17-18-24-19-20-25(27(29)31-21-8-5-2)26(23-24)28(30)32-22-9-6-3/h19-20,23H,4-18,21-22H2,1-3H3. The zero-order chi connectivity index (χ0) is 23.4. The van der Waals surface area contributed by atoms with Gasteiger partial charge in [0.25, 0.3) is 0 Å². The lowest BCUT2D eigenvalue weighted by Gasteiger charge is -2.12. The van der Waals surface area contributed by atoms with Gasteiger partial charge in [-0.25, -0.2) is 9.59 Å². The van der Waals surface area contributed by atoms with Crippen LogP contribution in [-0.2, 0) is 15.9 Å². The highest BCUT2D eigenvalue weighted by Crippen LogP contribution is 2.18. The van der Waals surface area contributed by atoms with Gasteiger partial charge < -0.3 is 9.47 Å². The Balaban J connectivity index is 2.56. The number of carbonyl (C=O) groups is 2. The van der Waals surface area contributed by atoms with Crippen LogP contribution in [0.3, 0.4) is 0 Å². The van der Waals surface area contributed by atoms with Crippen LogP contribution in [-0.4, -0.2) is 25.2 Å². The number of hydrogen-bond acceptors (Lipinski definition) is 4. The molecule has 0 N–H and O–H groups in total. The zero-order valence-electron chi connectivity index (χ0n) is 20.9. The van der Waals surface area contributed by atoms with E-state index in [1.807, 2.05) is 19.1 Å². The fourth-order valence-electron chi connectivity index (χ4n) is 3.68. The average molecular weight is 447 g/mol. The second-order valence-corrected chi connectivity index (χ2v) is 8.79. The number of benzene rings is 1. The predicted octanol–water partition coefficient (Wildman–Crippen LogP) is 8.06. The number of hydrogen-bond donors (Lipinski definition) is 0. The van der Waals surface area contributed by atoms with Gasteiger partial charge in [-0.05, 0) is 43.4 Å². The third kappa shape index (κ3) is 12.3. The van der Waals surface area contributed by atoms with Crippen molar-refractivity contribution in [3.63, 3.8) is 0 Å². The molecule has 0 heterocycles. The summed E-state index contributed by atoms with van der Waals surface area (Å²) in [5.74, 6) is -0.864. The number of rotatable bonds is 19. The fraction of sp³-hybridized carbons (Fsp3) is 0.714. The lowest BCUT2D eigenvalue weighted by molar-refractivity contribution is 0.0452. The molecule has 0 saturated heterocycles. The molecule has 0 radical (unpaired) electrons. The number of unbranched alkanes of at least 4 members (excludes halogenated alkanes) is 11. The highest BCUT2D eigenvalue weighted by Gasteiger charge is 2.20. The van der Waals surface area contributed by atoms with E-state index in [2.05, 4.69) is 13.8 Å². The molecule has 0 aliphatic rings. The van der Waals surface area contributed by atoms with E-state index in [1.54, 1.807) is 6.07 Å². The summed E-state index contributed by atoms with van der Waals surface area (Å²) in [6.07, 6.45) is 17.5. The first-order valence-corrected chi connectivity index (χ1v) is 13.1. The van der Waals surface area contributed by atoms with Gasteiger partial charge in [0, 0.05) is 0 Å². The Kier molecular flexibility index (Phi) is 16.5. The van der Waals surface area contributed by atoms with E-state index < -0.39 is 11.9 Å². The summed E-state index contributed by atoms with van der Waals surface area (Å²) in [5.41, 5.74) is 1.73. The van der Waals surface area contributed by atoms with Crippen LogP contribution in [0.1, 0.15) is 137 Å². The van der Waals surface area contributed by atoms with Gasteiger partial charge in [0.05, 0.1) is 24.3 Å². The molecular formula is C28H46O4. The molecule has 0 aromatic heterocycles. The van der Waals surface area contributed by atoms with Gasteiger partial charge in [0.2, 0.25) is 0 Å². The molecule has 1 rings (SSSR count). The van der Waals surface area contributed by atoms with E-state index in [1.165, 1.54) is 57.8 Å². The summed E-state index contributed by atoms with van der Waals surface area (Å²) >= 11 is 0. The number of ether oxygens (including phenoxy) is 2. The predicted molar refractivity (Wildman–Crippen MR) is 132 cm³/mol. The van der Waals surface area contributed by atoms with Gasteiger partial charge in [-0.3, -0.25) is 0 Å². The van der Waals surface area contributed by atoms with E-state index in [0.717, 1.165) is 44.1 Å². The van der Waals surface area contributed by atoms with Crippen molar-refractivity contribution in [3.8, 4) is 0 Å². The van der Waals surface area contributed by atoms with Crippen LogP contribution in [0.4, 0.5) is 0 Å². The molecule has 0 atom stereocenters. The summed E-state index contributed by atoms with van der Waals surface area (Å²) < 4.78 is 10.7. The molecule has 0 fully saturated rings. The van der Waals surface area contributed by atoms with Crippen molar-refractivity contribution in [1.29, 1.82) is 0 Å². The molecular weight excluding hydrogens is 400 g/mol. The third-order valence-corrected chi connectivity index (χ3v) is 5.80. The van der Waals surface area contributed by atoms with Gasteiger partial charge in [-0.1, -0.05) is 97.5 Å². The van der Waals surface area contributed by atoms with Gasteiger partial charge in [0.1, 0.15) is 0 Å². The van der Waals surface area contributed by atoms with Gasteiger partial charge in [-0.2, -0.15) is 0 Å². The van der Waals surface area contributed by atoms with Crippen LogP contribution >= 0.6 is 0 Å². The van der Waals surface area contributed by atoms with Crippen molar-refractivity contribution in [2.75, 3.05) is 13.2 Å². The molecule has 0 bridgehead atoms. The molecule has 4 nitrogen and oxygen atoms in total. The summed E-state index contributed by atoms with van der Waals surface area (Å²) in [7, 11) is 0. The average Bonchev–Trinajstić information content (AvgIpc) is 2.80. The van der Waals surface area contributed by atoms with Crippen LogP contribution in [0.25, 0.3) is 0 Å². The minimum Gasteiger partial charge on any atom is -0.462 e. The smallest absolute Gasteiger partial charge is 0.339 e. The minimum absolute atomic E-state index is 0.314. The SMILES string of the molecule is CCCCCCCCCCCCc1ccc(C(=O)OCCCC)c(C(=O)OCCCC)c1. The molecule has 0 aliphatic heterocycles. The Morgan fingerprint density at radius 3 is 1.59 bits per heavy atom. The summed E-state index contributed by atoms with van der Waals surface area (Å²) in [6, 6.07) is 5.52. The Bertz CT molecular complexity index is 638. The second-order valence-electron chi connectivity index (χ2n) is 8.79. The molecule has 182 valence electrons. The quantitative estimate of drug-likeness (QED) is 0.159. The molecule has 0 aliphatic carbocycles. The minimum atomic E-state index is -0.439. The molecule has 4 heteroatoms. The maximum atomic E-state index is 12.6. The van der Waals surface area contributed by atoms with Crippen LogP contribution < -0.4 is 0 Å². The normalized spacial score (nSPS) is 10.8. The first kappa shape index (κ1) is 28.2. The maximum Gasteiger partial charge on any atom is 0.339 e. The van der Waals surface area contributed by atoms with Crippen molar-refractivity contribution in [1.82, 2.24) is 0 Å². The van der Waals surface area contributed by atoms with Gasteiger partial charge in [0.15, 0.2) is 0 Å². The highest BCUT2D eigenvalue weighted by molar-refractivity contribution is 6.03. The first-order valence-electron chi connectivity index (χ1n) is 13.1. The largest absolute Gasteiger partial charge is 0.462 e. The molecule has 1 aromatic rings. The van der Waals surface area contributed by atoms with Crippen molar-refractivity contribution >= 4 is 11.9 Å². The topological polar surface area (TPSA) is 52.6 Å². The lowest BCUT2D eigenvalue weighted by Crippen LogP contribution is -2.15. The third-order valence-electron chi connectivity index (χ3n) is 5.80. The van der Waals surface area contributed by atoms with Crippen molar-refractivity contribution < 1.29 is 19.1 Å². The molecule has 1 aromatic carbocycles. The Morgan fingerprint density at radius 1 is 0.594 bits per heavy atom. The van der Waals surface area contributed by atoms with E-state index in [9.17, 15) is 9.59 Å². The van der Waals surface area contributed by atoms with Crippen LogP contribution in [0.5, 0.6) is 0 Å². The maximum absolute atomic E-state index is 12.6. The van der Waals surface area contributed by atoms with E-state index >= 15 is 0 Å². The van der Waals surface area contributed by atoms with Crippen molar-refractivity contribution in [3.05, 3.63) is 34.9 Å². The zero-order valence-corrected chi connectivity index (χ0v) is 20.9. The van der Waals surface area contributed by atoms with Gasteiger partial charge >= 0.3 is 11.9 Å². The number of aryl methyl sites for hydroxylation is 1. The Hall–Kier alpha value is -1.84. The van der Waals surface area contributed by atoms with Crippen molar-refractivity contribution in [2.45, 2.75) is 117 Å². The summed E-state index contributed by atoms with van der Waals surface area (Å²) in [5, 5.41) is 0. The highest BCUT2D eigenvalue weighted by atomic mass is 16.5. The Labute approximate surface area is 196 Å². The molecule has 0 amide bonds.